The molecule has 0 aromatic heterocycles. The Morgan fingerprint density at radius 1 is 1.50 bits per heavy atom. The second kappa shape index (κ2) is 5.07. The number of nitrogens with zero attached hydrogens (tertiary/aromatic N) is 1. The second-order valence-electron chi connectivity index (χ2n) is 4.27. The molecule has 2 rings (SSSR count). The summed E-state index contributed by atoms with van der Waals surface area (Å²) in [5.74, 6) is 0. The third-order valence-electron chi connectivity index (χ3n) is 3.35. The summed E-state index contributed by atoms with van der Waals surface area (Å²) in [6, 6.07) is 6.83. The standard InChI is InChI=1S/C13H19ClN2/c1-3-16-10(7-8-15-2)9-11-12(14)5-4-6-13(11)16/h4-6,10,15H,3,7-9H2,1-2H3. The van der Waals surface area contributed by atoms with E-state index in [4.69, 9.17) is 11.6 Å². The minimum Gasteiger partial charge on any atom is -0.368 e. The first-order valence-electron chi connectivity index (χ1n) is 5.96. The quantitative estimate of drug-likeness (QED) is 0.868. The van der Waals surface area contributed by atoms with Crippen molar-refractivity contribution in [1.29, 1.82) is 0 Å². The molecule has 16 heavy (non-hydrogen) atoms. The van der Waals surface area contributed by atoms with Gasteiger partial charge in [0.2, 0.25) is 0 Å². The summed E-state index contributed by atoms with van der Waals surface area (Å²) in [5.41, 5.74) is 2.66. The van der Waals surface area contributed by atoms with Crippen LogP contribution in [0.1, 0.15) is 18.9 Å². The van der Waals surface area contributed by atoms with Crippen LogP contribution in [-0.4, -0.2) is 26.2 Å². The van der Waals surface area contributed by atoms with E-state index in [1.807, 2.05) is 19.2 Å². The lowest BCUT2D eigenvalue weighted by atomic mass is 10.1. The Bertz CT molecular complexity index is 365. The van der Waals surface area contributed by atoms with Gasteiger partial charge >= 0.3 is 0 Å². The van der Waals surface area contributed by atoms with Crippen LogP contribution >= 0.6 is 11.6 Å². The van der Waals surface area contributed by atoms with Crippen molar-refractivity contribution in [2.75, 3.05) is 25.0 Å². The lowest BCUT2D eigenvalue weighted by Gasteiger charge is -2.26. The van der Waals surface area contributed by atoms with Gasteiger partial charge < -0.3 is 10.2 Å². The Morgan fingerprint density at radius 2 is 2.31 bits per heavy atom. The fourth-order valence-corrected chi connectivity index (χ4v) is 2.81. The molecule has 1 aliphatic heterocycles. The first-order valence-corrected chi connectivity index (χ1v) is 6.34. The highest BCUT2D eigenvalue weighted by Crippen LogP contribution is 2.37. The fourth-order valence-electron chi connectivity index (χ4n) is 2.56. The number of anilines is 1. The number of hydrogen-bond acceptors (Lipinski definition) is 2. The van der Waals surface area contributed by atoms with Crippen LogP contribution in [0.25, 0.3) is 0 Å². The van der Waals surface area contributed by atoms with Gasteiger partial charge in [-0.3, -0.25) is 0 Å². The first-order chi connectivity index (χ1) is 7.77. The van der Waals surface area contributed by atoms with E-state index < -0.39 is 0 Å². The molecule has 1 aliphatic rings. The van der Waals surface area contributed by atoms with Gasteiger partial charge in [-0.05, 0) is 51.1 Å². The van der Waals surface area contributed by atoms with Crippen LogP contribution in [0.15, 0.2) is 18.2 Å². The lowest BCUT2D eigenvalue weighted by molar-refractivity contribution is 0.566. The van der Waals surface area contributed by atoms with E-state index in [9.17, 15) is 0 Å². The fraction of sp³-hybridized carbons (Fsp3) is 0.538. The van der Waals surface area contributed by atoms with E-state index in [2.05, 4.69) is 23.2 Å². The first kappa shape index (κ1) is 11.7. The van der Waals surface area contributed by atoms with Crippen LogP contribution in [0.5, 0.6) is 0 Å². The highest BCUT2D eigenvalue weighted by Gasteiger charge is 2.28. The Labute approximate surface area is 103 Å². The average Bonchev–Trinajstić information content (AvgIpc) is 2.65. The van der Waals surface area contributed by atoms with Crippen molar-refractivity contribution in [3.05, 3.63) is 28.8 Å². The Balaban J connectivity index is 2.22. The lowest BCUT2D eigenvalue weighted by Crippen LogP contribution is -2.33. The topological polar surface area (TPSA) is 15.3 Å². The molecule has 0 spiro atoms. The predicted octanol–water partition coefficient (Wildman–Crippen LogP) is 2.70. The summed E-state index contributed by atoms with van der Waals surface area (Å²) in [5, 5.41) is 4.14. The third-order valence-corrected chi connectivity index (χ3v) is 3.71. The number of likely N-dealkylation sites (N-methyl/N-ethyl adjacent to an activating group) is 1. The number of hydrogen-bond donors (Lipinski definition) is 1. The van der Waals surface area contributed by atoms with Gasteiger partial charge in [0.05, 0.1) is 0 Å². The summed E-state index contributed by atoms with van der Waals surface area (Å²) in [7, 11) is 2.01. The van der Waals surface area contributed by atoms with Crippen molar-refractivity contribution in [3.63, 3.8) is 0 Å². The van der Waals surface area contributed by atoms with Gasteiger partial charge in [0.25, 0.3) is 0 Å². The zero-order valence-electron chi connectivity index (χ0n) is 9.96. The zero-order chi connectivity index (χ0) is 11.5. The smallest absolute Gasteiger partial charge is 0.0459 e. The average molecular weight is 239 g/mol. The van der Waals surface area contributed by atoms with Gasteiger partial charge in [-0.25, -0.2) is 0 Å². The molecule has 0 fully saturated rings. The Hall–Kier alpha value is -0.730. The van der Waals surface area contributed by atoms with Crippen LogP contribution in [0.4, 0.5) is 5.69 Å². The summed E-state index contributed by atoms with van der Waals surface area (Å²) in [4.78, 5) is 2.47. The summed E-state index contributed by atoms with van der Waals surface area (Å²) in [6.45, 7) is 4.33. The predicted molar refractivity (Wildman–Crippen MR) is 70.5 cm³/mol. The van der Waals surface area contributed by atoms with E-state index >= 15 is 0 Å². The van der Waals surface area contributed by atoms with Crippen molar-refractivity contribution in [2.45, 2.75) is 25.8 Å². The van der Waals surface area contributed by atoms with Gasteiger partial charge in [0.1, 0.15) is 0 Å². The summed E-state index contributed by atoms with van der Waals surface area (Å²) < 4.78 is 0. The molecule has 0 aliphatic carbocycles. The van der Waals surface area contributed by atoms with E-state index in [1.165, 1.54) is 17.7 Å². The molecule has 0 saturated carbocycles. The van der Waals surface area contributed by atoms with Crippen LogP contribution in [0.2, 0.25) is 5.02 Å². The Morgan fingerprint density at radius 3 is 3.00 bits per heavy atom. The number of fused-ring (bicyclic) bond motifs is 1. The van der Waals surface area contributed by atoms with Gasteiger partial charge in [-0.15, -0.1) is 0 Å². The maximum Gasteiger partial charge on any atom is 0.0459 e. The molecule has 88 valence electrons. The van der Waals surface area contributed by atoms with E-state index in [0.717, 1.165) is 24.5 Å². The number of halogens is 1. The molecular formula is C13H19ClN2. The molecule has 0 saturated heterocycles. The zero-order valence-corrected chi connectivity index (χ0v) is 10.7. The SMILES string of the molecule is CCN1c2cccc(Cl)c2CC1CCNC. The van der Waals surface area contributed by atoms with E-state index in [-0.39, 0.29) is 0 Å². The minimum atomic E-state index is 0.604. The van der Waals surface area contributed by atoms with Crippen LogP contribution in [-0.2, 0) is 6.42 Å². The van der Waals surface area contributed by atoms with E-state index in [1.54, 1.807) is 0 Å². The molecule has 1 unspecified atom stereocenters. The normalized spacial score (nSPS) is 18.9. The van der Waals surface area contributed by atoms with E-state index in [0.29, 0.717) is 6.04 Å². The molecule has 3 heteroatoms. The van der Waals surface area contributed by atoms with Gasteiger partial charge in [-0.1, -0.05) is 17.7 Å². The second-order valence-corrected chi connectivity index (χ2v) is 4.68. The highest BCUT2D eigenvalue weighted by atomic mass is 35.5. The van der Waals surface area contributed by atoms with Crippen molar-refractivity contribution in [1.82, 2.24) is 5.32 Å². The summed E-state index contributed by atoms with van der Waals surface area (Å²) >= 11 is 6.25. The minimum absolute atomic E-state index is 0.604. The van der Waals surface area contributed by atoms with Gasteiger partial charge in [-0.2, -0.15) is 0 Å². The number of benzene rings is 1. The number of rotatable bonds is 4. The molecule has 1 aromatic carbocycles. The van der Waals surface area contributed by atoms with Crippen LogP contribution in [0, 0.1) is 0 Å². The molecule has 0 radical (unpaired) electrons. The summed E-state index contributed by atoms with van der Waals surface area (Å²) in [6.07, 6.45) is 2.26. The van der Waals surface area contributed by atoms with Crippen LogP contribution < -0.4 is 10.2 Å². The van der Waals surface area contributed by atoms with Crippen molar-refractivity contribution < 1.29 is 0 Å². The van der Waals surface area contributed by atoms with Crippen molar-refractivity contribution >= 4 is 17.3 Å². The molecule has 1 heterocycles. The maximum atomic E-state index is 6.25. The van der Waals surface area contributed by atoms with Crippen molar-refractivity contribution in [3.8, 4) is 0 Å². The van der Waals surface area contributed by atoms with Crippen molar-refractivity contribution in [2.24, 2.45) is 0 Å². The highest BCUT2D eigenvalue weighted by molar-refractivity contribution is 6.31. The maximum absolute atomic E-state index is 6.25. The van der Waals surface area contributed by atoms with Gasteiger partial charge in [0, 0.05) is 23.3 Å². The molecule has 1 N–H and O–H groups in total. The molecule has 1 aromatic rings. The number of nitrogens with one attached hydrogen (secondary N) is 1. The van der Waals surface area contributed by atoms with Crippen LogP contribution in [0.3, 0.4) is 0 Å². The molecule has 2 nitrogen and oxygen atoms in total. The molecular weight excluding hydrogens is 220 g/mol. The molecule has 0 amide bonds. The monoisotopic (exact) mass is 238 g/mol. The third kappa shape index (κ3) is 2.04. The molecule has 1 atom stereocenters. The Kier molecular flexibility index (Phi) is 3.72. The molecule has 0 bridgehead atoms. The largest absolute Gasteiger partial charge is 0.368 e. The van der Waals surface area contributed by atoms with Gasteiger partial charge in [0.15, 0.2) is 0 Å².